The number of amides is 8. The molecule has 18 heteroatoms. The van der Waals surface area contributed by atoms with Gasteiger partial charge in [0, 0.05) is 101 Å². The van der Waals surface area contributed by atoms with Gasteiger partial charge in [0.25, 0.3) is 0 Å². The average Bonchev–Trinajstić information content (AvgIpc) is 3.78. The van der Waals surface area contributed by atoms with Gasteiger partial charge in [0.05, 0.1) is 32.1 Å². The number of thiazole rings is 1. The van der Waals surface area contributed by atoms with Crippen molar-refractivity contribution in [3.8, 4) is 22.5 Å². The Hall–Kier alpha value is -5.72. The summed E-state index contributed by atoms with van der Waals surface area (Å²) in [6.45, 7) is 9.38. The van der Waals surface area contributed by atoms with Crippen molar-refractivity contribution in [1.82, 2.24) is 39.5 Å². The molecule has 0 radical (unpaired) electrons. The second-order valence-corrected chi connectivity index (χ2v) is 15.0. The van der Waals surface area contributed by atoms with Crippen LogP contribution in [0.3, 0.4) is 0 Å². The molecule has 2 aromatic carbocycles. The first-order chi connectivity index (χ1) is 28.4. The van der Waals surface area contributed by atoms with Crippen LogP contribution in [0.25, 0.3) is 22.5 Å². The number of hydrogen-bond donors (Lipinski definition) is 2. The van der Waals surface area contributed by atoms with Crippen LogP contribution in [0.5, 0.6) is 0 Å². The summed E-state index contributed by atoms with van der Waals surface area (Å²) in [4.78, 5) is 66.0. The zero-order valence-electron chi connectivity index (χ0n) is 32.5. The highest BCUT2D eigenvalue weighted by molar-refractivity contribution is 7.14. The summed E-state index contributed by atoms with van der Waals surface area (Å²) in [7, 11) is 0. The van der Waals surface area contributed by atoms with Crippen LogP contribution in [-0.2, 0) is 9.47 Å². The van der Waals surface area contributed by atoms with Crippen molar-refractivity contribution in [2.24, 2.45) is 0 Å². The van der Waals surface area contributed by atoms with Crippen molar-refractivity contribution in [1.29, 1.82) is 0 Å². The summed E-state index contributed by atoms with van der Waals surface area (Å²) < 4.78 is 15.9. The standard InChI is InChI=1S/C20H25N5O4.C20H25N5O3S/c26-19(21-18-15-17(22-29-18)16-5-2-1-3-6-16)23-7-4-8-24(10-9-23)20(27)25-11-13-28-14-12-25;26-19(22-18-21-17(15-29-18)16-5-2-1-3-6-16)23-7-4-8-24(10-9-23)20(27)25-11-13-28-14-12-25/h1-3,5-6,15H,4,7-14H2,(H,21,26);1-3,5-6,15H,4,7-14H2,(H,21,22,26). The number of nitrogens with zero attached hydrogens (tertiary/aromatic N) is 8. The Labute approximate surface area is 341 Å². The van der Waals surface area contributed by atoms with Crippen LogP contribution in [0.4, 0.5) is 30.2 Å². The highest BCUT2D eigenvalue weighted by Crippen LogP contribution is 2.25. The quantitative estimate of drug-likeness (QED) is 0.284. The number of benzene rings is 2. The van der Waals surface area contributed by atoms with E-state index in [4.69, 9.17) is 14.0 Å². The molecular weight excluding hydrogens is 765 g/mol. The van der Waals surface area contributed by atoms with Gasteiger partial charge in [-0.15, -0.1) is 11.3 Å². The maximum atomic E-state index is 12.7. The summed E-state index contributed by atoms with van der Waals surface area (Å²) in [5.74, 6) is 0.305. The van der Waals surface area contributed by atoms with Gasteiger partial charge >= 0.3 is 24.1 Å². The van der Waals surface area contributed by atoms with E-state index in [2.05, 4.69) is 20.8 Å². The van der Waals surface area contributed by atoms with E-state index in [0.717, 1.165) is 29.7 Å². The molecule has 6 heterocycles. The van der Waals surface area contributed by atoms with E-state index in [-0.39, 0.29) is 24.1 Å². The normalized spacial score (nSPS) is 17.7. The Balaban J connectivity index is 0.000000177. The molecule has 0 spiro atoms. The lowest BCUT2D eigenvalue weighted by atomic mass is 10.2. The SMILES string of the molecule is O=C(Nc1cc(-c2ccccc2)no1)N1CCCN(C(=O)N2CCOCC2)CC1.O=C(Nc1nc(-c2ccccc2)cs1)N1CCCN(C(=O)N2CCOCC2)CC1. The van der Waals surface area contributed by atoms with Crippen molar-refractivity contribution in [2.45, 2.75) is 12.8 Å². The topological polar surface area (TPSA) is 169 Å². The second kappa shape index (κ2) is 20.1. The predicted molar refractivity (Wildman–Crippen MR) is 219 cm³/mol. The van der Waals surface area contributed by atoms with Crippen molar-refractivity contribution in [3.63, 3.8) is 0 Å². The molecule has 308 valence electrons. The van der Waals surface area contributed by atoms with Gasteiger partial charge in [-0.05, 0) is 12.8 Å². The molecular formula is C40H50N10O7S. The number of carbonyl (C=O) groups excluding carboxylic acids is 4. The molecule has 2 aromatic heterocycles. The van der Waals surface area contributed by atoms with Crippen molar-refractivity contribution >= 4 is 46.5 Å². The average molecular weight is 815 g/mol. The first kappa shape index (κ1) is 40.5. The molecule has 4 fully saturated rings. The number of carbonyl (C=O) groups is 4. The van der Waals surface area contributed by atoms with Gasteiger partial charge in [0.15, 0.2) is 5.13 Å². The molecule has 8 amide bonds. The molecule has 17 nitrogen and oxygen atoms in total. The molecule has 0 bridgehead atoms. The number of morpholine rings is 2. The summed E-state index contributed by atoms with van der Waals surface area (Å²) in [5.41, 5.74) is 3.46. The smallest absolute Gasteiger partial charge is 0.324 e. The maximum absolute atomic E-state index is 12.7. The van der Waals surface area contributed by atoms with Crippen molar-refractivity contribution < 1.29 is 33.2 Å². The van der Waals surface area contributed by atoms with Crippen LogP contribution < -0.4 is 10.6 Å². The number of rotatable bonds is 4. The number of anilines is 2. The molecule has 4 aliphatic heterocycles. The van der Waals surface area contributed by atoms with E-state index < -0.39 is 0 Å². The van der Waals surface area contributed by atoms with E-state index in [0.29, 0.717) is 122 Å². The van der Waals surface area contributed by atoms with Crippen molar-refractivity contribution in [3.05, 3.63) is 72.1 Å². The first-order valence-electron chi connectivity index (χ1n) is 19.8. The fourth-order valence-corrected chi connectivity index (χ4v) is 7.75. The Kier molecular flexibility index (Phi) is 14.0. The monoisotopic (exact) mass is 814 g/mol. The van der Waals surface area contributed by atoms with E-state index in [1.165, 1.54) is 11.3 Å². The minimum absolute atomic E-state index is 0.0262. The number of hydrogen-bond acceptors (Lipinski definition) is 10. The van der Waals surface area contributed by atoms with Gasteiger partial charge in [0.2, 0.25) is 5.88 Å². The molecule has 4 aliphatic rings. The van der Waals surface area contributed by atoms with Crippen LogP contribution in [0.15, 0.2) is 76.6 Å². The van der Waals surface area contributed by atoms with Crippen LogP contribution >= 0.6 is 11.3 Å². The molecule has 58 heavy (non-hydrogen) atoms. The van der Waals surface area contributed by atoms with Crippen LogP contribution in [-0.4, -0.2) is 169 Å². The molecule has 8 rings (SSSR count). The lowest BCUT2D eigenvalue weighted by molar-refractivity contribution is 0.0436. The molecule has 2 N–H and O–H groups in total. The lowest BCUT2D eigenvalue weighted by Gasteiger charge is -2.32. The van der Waals surface area contributed by atoms with Gasteiger partial charge < -0.3 is 43.4 Å². The number of urea groups is 4. The van der Waals surface area contributed by atoms with Crippen LogP contribution in [0.2, 0.25) is 0 Å². The second-order valence-electron chi connectivity index (χ2n) is 14.1. The van der Waals surface area contributed by atoms with Crippen LogP contribution in [0, 0.1) is 0 Å². The summed E-state index contributed by atoms with van der Waals surface area (Å²) >= 11 is 1.41. The molecule has 4 saturated heterocycles. The zero-order valence-corrected chi connectivity index (χ0v) is 33.3. The third-order valence-corrected chi connectivity index (χ3v) is 11.0. The Morgan fingerprint density at radius 3 is 1.52 bits per heavy atom. The highest BCUT2D eigenvalue weighted by Gasteiger charge is 2.28. The van der Waals surface area contributed by atoms with E-state index in [9.17, 15) is 19.2 Å². The summed E-state index contributed by atoms with van der Waals surface area (Å²) in [6, 6.07) is 20.9. The number of ether oxygens (including phenoxy) is 2. The fraction of sp³-hybridized carbons (Fsp3) is 0.450. The van der Waals surface area contributed by atoms with Crippen molar-refractivity contribution in [2.75, 3.05) is 116 Å². The molecule has 0 atom stereocenters. The number of nitrogens with one attached hydrogen (secondary N) is 2. The van der Waals surface area contributed by atoms with Gasteiger partial charge in [-0.25, -0.2) is 24.2 Å². The number of aromatic nitrogens is 2. The van der Waals surface area contributed by atoms with Gasteiger partial charge in [-0.1, -0.05) is 65.8 Å². The molecule has 0 aliphatic carbocycles. The van der Waals surface area contributed by atoms with Gasteiger partial charge in [-0.2, -0.15) is 0 Å². The van der Waals surface area contributed by atoms with Gasteiger partial charge in [0.1, 0.15) is 5.69 Å². The fourth-order valence-electron chi connectivity index (χ4n) is 7.04. The minimum atomic E-state index is -0.249. The summed E-state index contributed by atoms with van der Waals surface area (Å²) in [5, 5.41) is 12.2. The lowest BCUT2D eigenvalue weighted by Crippen LogP contribution is -2.49. The largest absolute Gasteiger partial charge is 0.378 e. The zero-order chi connectivity index (χ0) is 40.1. The predicted octanol–water partition coefficient (Wildman–Crippen LogP) is 5.14. The first-order valence-corrected chi connectivity index (χ1v) is 20.7. The van der Waals surface area contributed by atoms with E-state index in [1.54, 1.807) is 15.9 Å². The Morgan fingerprint density at radius 1 is 0.534 bits per heavy atom. The third-order valence-electron chi connectivity index (χ3n) is 10.3. The Morgan fingerprint density at radius 2 is 0.983 bits per heavy atom. The Bertz CT molecular complexity index is 1810. The van der Waals surface area contributed by atoms with Crippen LogP contribution in [0.1, 0.15) is 12.8 Å². The minimum Gasteiger partial charge on any atom is -0.378 e. The third kappa shape index (κ3) is 10.8. The molecule has 0 unspecified atom stereocenters. The molecule has 0 saturated carbocycles. The molecule has 4 aromatic rings. The van der Waals surface area contributed by atoms with E-state index >= 15 is 0 Å². The van der Waals surface area contributed by atoms with Gasteiger partial charge in [-0.3, -0.25) is 10.6 Å². The van der Waals surface area contributed by atoms with E-state index in [1.807, 2.05) is 85.6 Å². The highest BCUT2D eigenvalue weighted by atomic mass is 32.1. The summed E-state index contributed by atoms with van der Waals surface area (Å²) in [6.07, 6.45) is 1.49. The maximum Gasteiger partial charge on any atom is 0.324 e.